The predicted octanol–water partition coefficient (Wildman–Crippen LogP) is 2.67. The summed E-state index contributed by atoms with van der Waals surface area (Å²) in [7, 11) is 0. The number of hydrogen-bond donors (Lipinski definition) is 0. The average Bonchev–Trinajstić information content (AvgIpc) is 2.94. The van der Waals surface area contributed by atoms with Crippen molar-refractivity contribution >= 4 is 5.65 Å². The monoisotopic (exact) mass is 348 g/mol. The number of rotatable bonds is 2. The van der Waals surface area contributed by atoms with E-state index in [2.05, 4.69) is 9.97 Å². The van der Waals surface area contributed by atoms with E-state index in [1.165, 1.54) is 12.4 Å². The molecule has 3 aromatic rings. The van der Waals surface area contributed by atoms with Crippen LogP contribution in [0.5, 0.6) is 0 Å². The van der Waals surface area contributed by atoms with Crippen LogP contribution in [0.2, 0.25) is 0 Å². The third-order valence-electron chi connectivity index (χ3n) is 4.60. The second kappa shape index (κ2) is 5.54. The molecule has 2 aromatic heterocycles. The molecule has 2 atom stereocenters. The Bertz CT molecular complexity index is 1000. The lowest BCUT2D eigenvalue weighted by atomic mass is 9.80. The summed E-state index contributed by atoms with van der Waals surface area (Å²) in [5, 5.41) is 11.5. The van der Waals surface area contributed by atoms with E-state index in [-0.39, 0.29) is 18.4 Å². The summed E-state index contributed by atoms with van der Waals surface area (Å²) in [5.41, 5.74) is 1.54. The van der Waals surface area contributed by atoms with E-state index in [1.54, 1.807) is 10.6 Å². The van der Waals surface area contributed by atoms with Crippen LogP contribution in [0.1, 0.15) is 22.9 Å². The molecular formula is C16H11F3N4O2. The van der Waals surface area contributed by atoms with Crippen LogP contribution >= 0.6 is 0 Å². The molecule has 9 heteroatoms. The minimum absolute atomic E-state index is 0.0105. The van der Waals surface area contributed by atoms with E-state index in [0.717, 1.165) is 0 Å². The van der Waals surface area contributed by atoms with Crippen molar-refractivity contribution in [3.05, 3.63) is 75.2 Å². The van der Waals surface area contributed by atoms with Gasteiger partial charge in [0, 0.05) is 35.4 Å². The molecule has 0 aliphatic heterocycles. The topological polar surface area (TPSA) is 73.3 Å². The zero-order chi connectivity index (χ0) is 17.7. The molecule has 0 saturated carbocycles. The first-order valence-corrected chi connectivity index (χ1v) is 7.53. The van der Waals surface area contributed by atoms with E-state index >= 15 is 0 Å². The Hall–Kier alpha value is -2.97. The minimum atomic E-state index is -1.32. The molecule has 0 saturated heterocycles. The summed E-state index contributed by atoms with van der Waals surface area (Å²) in [6, 6.07) is -0.0428. The van der Waals surface area contributed by atoms with Crippen LogP contribution < -0.4 is 0 Å². The van der Waals surface area contributed by atoms with E-state index in [0.29, 0.717) is 29.2 Å². The zero-order valence-corrected chi connectivity index (χ0v) is 12.7. The molecule has 25 heavy (non-hydrogen) atoms. The normalized spacial score (nSPS) is 19.8. The summed E-state index contributed by atoms with van der Waals surface area (Å²) < 4.78 is 42.6. The summed E-state index contributed by atoms with van der Waals surface area (Å²) >= 11 is 0. The first-order chi connectivity index (χ1) is 12.0. The Morgan fingerprint density at radius 2 is 1.92 bits per heavy atom. The van der Waals surface area contributed by atoms with E-state index < -0.39 is 34.3 Å². The van der Waals surface area contributed by atoms with Gasteiger partial charge in [-0.1, -0.05) is 0 Å². The second-order valence-electron chi connectivity index (χ2n) is 5.96. The van der Waals surface area contributed by atoms with Crippen LogP contribution in [0.3, 0.4) is 0 Å². The molecule has 128 valence electrons. The molecule has 2 heterocycles. The van der Waals surface area contributed by atoms with Gasteiger partial charge in [0.25, 0.3) is 0 Å². The Morgan fingerprint density at radius 1 is 1.16 bits per heavy atom. The third-order valence-corrected chi connectivity index (χ3v) is 4.60. The van der Waals surface area contributed by atoms with Crippen molar-refractivity contribution in [2.24, 2.45) is 0 Å². The Morgan fingerprint density at radius 3 is 2.68 bits per heavy atom. The van der Waals surface area contributed by atoms with Gasteiger partial charge in [-0.05, 0) is 6.07 Å². The standard InChI is InChI=1S/C16H11F3N4O2/c17-10-5-12(19)11(18)3-8(10)9-4-13-15(6-14(9)23(24)25)22-2-1-20-7-16(22)21-13/h1-3,5,7,9,14H,4,6H2. The largest absolute Gasteiger partial charge is 0.301 e. The minimum Gasteiger partial charge on any atom is -0.301 e. The molecule has 0 amide bonds. The first kappa shape index (κ1) is 15.6. The Kier molecular flexibility index (Phi) is 3.45. The molecule has 0 spiro atoms. The number of aromatic nitrogens is 3. The van der Waals surface area contributed by atoms with Crippen molar-refractivity contribution < 1.29 is 18.1 Å². The quantitative estimate of drug-likeness (QED) is 0.405. The maximum atomic E-state index is 14.2. The smallest absolute Gasteiger partial charge is 0.225 e. The van der Waals surface area contributed by atoms with Gasteiger partial charge in [-0.25, -0.2) is 18.2 Å². The van der Waals surface area contributed by atoms with Crippen LogP contribution in [0.25, 0.3) is 5.65 Å². The van der Waals surface area contributed by atoms with Crippen molar-refractivity contribution in [2.45, 2.75) is 24.8 Å². The van der Waals surface area contributed by atoms with Crippen LogP contribution in [0.15, 0.2) is 30.7 Å². The van der Waals surface area contributed by atoms with Crippen LogP contribution in [0.4, 0.5) is 13.2 Å². The van der Waals surface area contributed by atoms with Gasteiger partial charge in [0.15, 0.2) is 17.3 Å². The van der Waals surface area contributed by atoms with Crippen LogP contribution in [-0.4, -0.2) is 25.3 Å². The van der Waals surface area contributed by atoms with E-state index in [9.17, 15) is 23.3 Å². The average molecular weight is 348 g/mol. The molecule has 6 nitrogen and oxygen atoms in total. The number of nitrogens with zero attached hydrogens (tertiary/aromatic N) is 4. The van der Waals surface area contributed by atoms with E-state index in [4.69, 9.17) is 0 Å². The van der Waals surface area contributed by atoms with Gasteiger partial charge in [0.2, 0.25) is 6.04 Å². The van der Waals surface area contributed by atoms with Gasteiger partial charge in [-0.15, -0.1) is 0 Å². The highest BCUT2D eigenvalue weighted by Crippen LogP contribution is 2.36. The number of benzene rings is 1. The fourth-order valence-electron chi connectivity index (χ4n) is 3.43. The lowest BCUT2D eigenvalue weighted by molar-refractivity contribution is -0.527. The highest BCUT2D eigenvalue weighted by molar-refractivity contribution is 5.43. The van der Waals surface area contributed by atoms with Crippen molar-refractivity contribution in [3.63, 3.8) is 0 Å². The van der Waals surface area contributed by atoms with Gasteiger partial charge >= 0.3 is 0 Å². The highest BCUT2D eigenvalue weighted by Gasteiger charge is 2.41. The molecule has 1 aromatic carbocycles. The van der Waals surface area contributed by atoms with E-state index in [1.807, 2.05) is 0 Å². The lowest BCUT2D eigenvalue weighted by Gasteiger charge is -2.26. The van der Waals surface area contributed by atoms with Gasteiger partial charge in [0.1, 0.15) is 5.82 Å². The molecular weight excluding hydrogens is 337 g/mol. The predicted molar refractivity (Wildman–Crippen MR) is 80.2 cm³/mol. The van der Waals surface area contributed by atoms with Crippen molar-refractivity contribution in [3.8, 4) is 0 Å². The molecule has 1 aliphatic carbocycles. The number of fused-ring (bicyclic) bond motifs is 3. The van der Waals surface area contributed by atoms with Gasteiger partial charge in [0.05, 0.1) is 29.9 Å². The van der Waals surface area contributed by atoms with Gasteiger partial charge in [-0.2, -0.15) is 0 Å². The molecule has 4 rings (SSSR count). The SMILES string of the molecule is O=[N+]([O-])C1Cc2c(nc3cnccn23)CC1c1cc(F)c(F)cc1F. The molecule has 0 N–H and O–H groups in total. The summed E-state index contributed by atoms with van der Waals surface area (Å²) in [6.45, 7) is 0. The Labute approximate surface area is 139 Å². The van der Waals surface area contributed by atoms with Crippen LogP contribution in [-0.2, 0) is 12.8 Å². The van der Waals surface area contributed by atoms with Gasteiger partial charge < -0.3 is 4.40 Å². The van der Waals surface area contributed by atoms with Crippen molar-refractivity contribution in [1.82, 2.24) is 14.4 Å². The molecule has 0 fully saturated rings. The lowest BCUT2D eigenvalue weighted by Crippen LogP contribution is -2.36. The number of hydrogen-bond acceptors (Lipinski definition) is 4. The fraction of sp³-hybridized carbons (Fsp3) is 0.250. The van der Waals surface area contributed by atoms with Crippen LogP contribution in [0, 0.1) is 27.6 Å². The number of imidazole rings is 1. The second-order valence-corrected chi connectivity index (χ2v) is 5.96. The van der Waals surface area contributed by atoms with Gasteiger partial charge in [-0.3, -0.25) is 15.1 Å². The number of halogens is 3. The Balaban J connectivity index is 1.85. The maximum Gasteiger partial charge on any atom is 0.225 e. The molecule has 1 aliphatic rings. The molecule has 2 unspecified atom stereocenters. The zero-order valence-electron chi connectivity index (χ0n) is 12.7. The first-order valence-electron chi connectivity index (χ1n) is 7.53. The summed E-state index contributed by atoms with van der Waals surface area (Å²) in [4.78, 5) is 19.4. The van der Waals surface area contributed by atoms with Crippen molar-refractivity contribution in [2.75, 3.05) is 0 Å². The summed E-state index contributed by atoms with van der Waals surface area (Å²) in [6.07, 6.45) is 4.78. The van der Waals surface area contributed by atoms with Crippen molar-refractivity contribution in [1.29, 1.82) is 0 Å². The number of nitro groups is 1. The summed E-state index contributed by atoms with van der Waals surface area (Å²) in [5.74, 6) is -4.49. The fourth-order valence-corrected chi connectivity index (χ4v) is 3.43. The highest BCUT2D eigenvalue weighted by atomic mass is 19.2. The maximum absolute atomic E-state index is 14.2. The molecule has 0 bridgehead atoms. The third kappa shape index (κ3) is 2.43. The molecule has 0 radical (unpaired) electrons.